The average Bonchev–Trinajstić information content (AvgIpc) is 2.41. The minimum Gasteiger partial charge on any atom is -0.372 e. The highest BCUT2D eigenvalue weighted by molar-refractivity contribution is 5.35. The first-order chi connectivity index (χ1) is 8.79. The molecule has 3 N–H and O–H groups in total. The summed E-state index contributed by atoms with van der Waals surface area (Å²) in [5, 5.41) is 0. The van der Waals surface area contributed by atoms with Crippen LogP contribution in [0, 0.1) is 5.82 Å². The number of ether oxygens (including phenoxy) is 1. The van der Waals surface area contributed by atoms with E-state index in [0.717, 1.165) is 5.56 Å². The number of aromatic nitrogens is 1. The van der Waals surface area contributed by atoms with Gasteiger partial charge in [-0.2, -0.15) is 0 Å². The Balaban J connectivity index is 1.90. The molecule has 94 valence electrons. The van der Waals surface area contributed by atoms with Crippen molar-refractivity contribution in [3.05, 3.63) is 59.5 Å². The van der Waals surface area contributed by atoms with Crippen molar-refractivity contribution < 1.29 is 9.13 Å². The third-order valence-corrected chi connectivity index (χ3v) is 2.46. The van der Waals surface area contributed by atoms with E-state index in [2.05, 4.69) is 10.4 Å². The van der Waals surface area contributed by atoms with E-state index in [9.17, 15) is 4.39 Å². The SMILES string of the molecule is NNc1cc(COCc2ccccc2F)ccn1. The lowest BCUT2D eigenvalue weighted by atomic mass is 10.2. The van der Waals surface area contributed by atoms with Gasteiger partial charge in [0.2, 0.25) is 0 Å². The summed E-state index contributed by atoms with van der Waals surface area (Å²) in [4.78, 5) is 3.99. The lowest BCUT2D eigenvalue weighted by molar-refractivity contribution is 0.105. The molecule has 1 heterocycles. The first kappa shape index (κ1) is 12.5. The van der Waals surface area contributed by atoms with Gasteiger partial charge in [-0.25, -0.2) is 15.2 Å². The van der Waals surface area contributed by atoms with E-state index in [4.69, 9.17) is 10.6 Å². The van der Waals surface area contributed by atoms with Gasteiger partial charge in [-0.05, 0) is 23.8 Å². The molecule has 18 heavy (non-hydrogen) atoms. The summed E-state index contributed by atoms with van der Waals surface area (Å²) in [6.07, 6.45) is 1.64. The molecule has 0 spiro atoms. The van der Waals surface area contributed by atoms with Crippen LogP contribution >= 0.6 is 0 Å². The van der Waals surface area contributed by atoms with Gasteiger partial charge in [-0.3, -0.25) is 0 Å². The molecule has 1 aromatic heterocycles. The van der Waals surface area contributed by atoms with Crippen LogP contribution in [0.25, 0.3) is 0 Å². The van der Waals surface area contributed by atoms with Crippen LogP contribution in [-0.4, -0.2) is 4.98 Å². The largest absolute Gasteiger partial charge is 0.372 e. The molecule has 0 amide bonds. The van der Waals surface area contributed by atoms with E-state index in [1.807, 2.05) is 6.07 Å². The van der Waals surface area contributed by atoms with E-state index < -0.39 is 0 Å². The van der Waals surface area contributed by atoms with E-state index in [1.54, 1.807) is 30.5 Å². The Hall–Kier alpha value is -1.98. The summed E-state index contributed by atoms with van der Waals surface area (Å²) in [5.41, 5.74) is 3.93. The van der Waals surface area contributed by atoms with E-state index in [-0.39, 0.29) is 12.4 Å². The van der Waals surface area contributed by atoms with E-state index in [1.165, 1.54) is 6.07 Å². The Morgan fingerprint density at radius 2 is 2.06 bits per heavy atom. The maximum absolute atomic E-state index is 13.3. The number of halogens is 1. The number of hydrogen-bond acceptors (Lipinski definition) is 4. The number of nitrogens with zero attached hydrogens (tertiary/aromatic N) is 1. The lowest BCUT2D eigenvalue weighted by Crippen LogP contribution is -2.08. The van der Waals surface area contributed by atoms with Crippen LogP contribution < -0.4 is 11.3 Å². The number of nitrogens with two attached hydrogens (primary N) is 1. The highest BCUT2D eigenvalue weighted by Crippen LogP contribution is 2.11. The fraction of sp³-hybridized carbons (Fsp3) is 0.154. The normalized spacial score (nSPS) is 10.3. The first-order valence-electron chi connectivity index (χ1n) is 5.52. The zero-order valence-electron chi connectivity index (χ0n) is 9.77. The van der Waals surface area contributed by atoms with Crippen molar-refractivity contribution in [3.63, 3.8) is 0 Å². The molecule has 0 radical (unpaired) electrons. The molecule has 0 saturated heterocycles. The van der Waals surface area contributed by atoms with Gasteiger partial charge in [-0.1, -0.05) is 18.2 Å². The van der Waals surface area contributed by atoms with Crippen molar-refractivity contribution in [2.24, 2.45) is 5.84 Å². The van der Waals surface area contributed by atoms with Crippen molar-refractivity contribution in [2.45, 2.75) is 13.2 Å². The second-order valence-corrected chi connectivity index (χ2v) is 3.78. The van der Waals surface area contributed by atoms with Gasteiger partial charge >= 0.3 is 0 Å². The number of nitrogens with one attached hydrogen (secondary N) is 1. The Labute approximate surface area is 105 Å². The molecule has 0 saturated carbocycles. The van der Waals surface area contributed by atoms with Gasteiger partial charge in [0.05, 0.1) is 13.2 Å². The summed E-state index contributed by atoms with van der Waals surface area (Å²) >= 11 is 0. The number of benzene rings is 1. The predicted octanol–water partition coefficient (Wildman–Crippen LogP) is 2.22. The van der Waals surface area contributed by atoms with Crippen LogP contribution in [0.2, 0.25) is 0 Å². The summed E-state index contributed by atoms with van der Waals surface area (Å²) in [6, 6.07) is 10.2. The minimum absolute atomic E-state index is 0.236. The smallest absolute Gasteiger partial charge is 0.140 e. The summed E-state index contributed by atoms with van der Waals surface area (Å²) in [7, 11) is 0. The van der Waals surface area contributed by atoms with Crippen molar-refractivity contribution >= 4 is 5.82 Å². The molecule has 0 aliphatic heterocycles. The molecule has 0 aliphatic carbocycles. The molecule has 0 atom stereocenters. The van der Waals surface area contributed by atoms with Crippen LogP contribution in [0.1, 0.15) is 11.1 Å². The molecule has 2 aromatic rings. The highest BCUT2D eigenvalue weighted by Gasteiger charge is 2.01. The van der Waals surface area contributed by atoms with Crippen LogP contribution in [0.3, 0.4) is 0 Å². The Morgan fingerprint density at radius 1 is 1.22 bits per heavy atom. The van der Waals surface area contributed by atoms with Crippen LogP contribution in [0.4, 0.5) is 10.2 Å². The van der Waals surface area contributed by atoms with Crippen LogP contribution in [-0.2, 0) is 18.0 Å². The van der Waals surface area contributed by atoms with Crippen molar-refractivity contribution in [1.82, 2.24) is 4.98 Å². The molecule has 0 bridgehead atoms. The number of hydrazine groups is 1. The monoisotopic (exact) mass is 247 g/mol. The highest BCUT2D eigenvalue weighted by atomic mass is 19.1. The van der Waals surface area contributed by atoms with Gasteiger partial charge in [0.15, 0.2) is 0 Å². The first-order valence-corrected chi connectivity index (χ1v) is 5.52. The van der Waals surface area contributed by atoms with Gasteiger partial charge < -0.3 is 10.2 Å². The summed E-state index contributed by atoms with van der Waals surface area (Å²) < 4.78 is 18.8. The van der Waals surface area contributed by atoms with Crippen LogP contribution in [0.15, 0.2) is 42.6 Å². The average molecular weight is 247 g/mol. The zero-order chi connectivity index (χ0) is 12.8. The molecule has 1 aromatic carbocycles. The fourth-order valence-electron chi connectivity index (χ4n) is 1.54. The van der Waals surface area contributed by atoms with Gasteiger partial charge in [0.25, 0.3) is 0 Å². The van der Waals surface area contributed by atoms with Gasteiger partial charge in [-0.15, -0.1) is 0 Å². The number of hydrogen-bond donors (Lipinski definition) is 2. The summed E-state index contributed by atoms with van der Waals surface area (Å²) in [6.45, 7) is 0.617. The number of anilines is 1. The van der Waals surface area contributed by atoms with Gasteiger partial charge in [0, 0.05) is 11.8 Å². The van der Waals surface area contributed by atoms with Crippen molar-refractivity contribution in [2.75, 3.05) is 5.43 Å². The van der Waals surface area contributed by atoms with E-state index in [0.29, 0.717) is 18.0 Å². The molecule has 0 fully saturated rings. The quantitative estimate of drug-likeness (QED) is 0.628. The molecular weight excluding hydrogens is 233 g/mol. The Bertz CT molecular complexity index is 519. The predicted molar refractivity (Wildman–Crippen MR) is 66.9 cm³/mol. The maximum atomic E-state index is 13.3. The molecule has 0 unspecified atom stereocenters. The lowest BCUT2D eigenvalue weighted by Gasteiger charge is -2.06. The minimum atomic E-state index is -0.253. The van der Waals surface area contributed by atoms with E-state index >= 15 is 0 Å². The van der Waals surface area contributed by atoms with Crippen molar-refractivity contribution in [3.8, 4) is 0 Å². The molecule has 2 rings (SSSR count). The van der Waals surface area contributed by atoms with Crippen molar-refractivity contribution in [1.29, 1.82) is 0 Å². The Morgan fingerprint density at radius 3 is 2.83 bits per heavy atom. The fourth-order valence-corrected chi connectivity index (χ4v) is 1.54. The summed E-state index contributed by atoms with van der Waals surface area (Å²) in [5.74, 6) is 5.57. The number of rotatable bonds is 5. The number of pyridine rings is 1. The molecular formula is C13H14FN3O. The molecule has 0 aliphatic rings. The maximum Gasteiger partial charge on any atom is 0.140 e. The Kier molecular flexibility index (Phi) is 4.22. The number of nitrogen functional groups attached to an aromatic ring is 1. The zero-order valence-corrected chi connectivity index (χ0v) is 9.77. The van der Waals surface area contributed by atoms with Crippen LogP contribution in [0.5, 0.6) is 0 Å². The third kappa shape index (κ3) is 3.26. The molecule has 5 heteroatoms. The second kappa shape index (κ2) is 6.09. The third-order valence-electron chi connectivity index (χ3n) is 2.46. The topological polar surface area (TPSA) is 60.2 Å². The second-order valence-electron chi connectivity index (χ2n) is 3.78. The standard InChI is InChI=1S/C13H14FN3O/c14-12-4-2-1-3-11(12)9-18-8-10-5-6-16-13(7-10)17-15/h1-7H,8-9,15H2,(H,16,17). The van der Waals surface area contributed by atoms with Gasteiger partial charge in [0.1, 0.15) is 11.6 Å². The molecule has 4 nitrogen and oxygen atoms in total.